The zero-order valence-corrected chi connectivity index (χ0v) is 25.9. The number of hydrogen-bond acceptors (Lipinski definition) is 8. The van der Waals surface area contributed by atoms with Gasteiger partial charge in [0.15, 0.2) is 0 Å². The molecule has 0 radical (unpaired) electrons. The van der Waals surface area contributed by atoms with E-state index in [-0.39, 0.29) is 24.0 Å². The first kappa shape index (κ1) is 32.1. The highest BCUT2D eigenvalue weighted by Gasteiger charge is 2.37. The van der Waals surface area contributed by atoms with Gasteiger partial charge in [0.1, 0.15) is 18.1 Å². The van der Waals surface area contributed by atoms with Gasteiger partial charge in [-0.05, 0) is 54.7 Å². The monoisotopic (exact) mass is 583 g/mol. The summed E-state index contributed by atoms with van der Waals surface area (Å²) in [4.78, 5) is 15.3. The van der Waals surface area contributed by atoms with Gasteiger partial charge in [0.25, 0.3) is 0 Å². The molecule has 9 nitrogen and oxygen atoms in total. The Bertz CT molecular complexity index is 1130. The summed E-state index contributed by atoms with van der Waals surface area (Å²) in [5.41, 5.74) is 2.96. The molecule has 42 heavy (non-hydrogen) atoms. The lowest BCUT2D eigenvalue weighted by atomic mass is 9.77. The molecule has 1 amide bonds. The number of benzene rings is 2. The summed E-state index contributed by atoms with van der Waals surface area (Å²) in [5, 5.41) is 6.70. The van der Waals surface area contributed by atoms with E-state index in [1.54, 1.807) is 21.3 Å². The molecule has 2 aromatic carbocycles. The largest absolute Gasteiger partial charge is 0.497 e. The number of ether oxygens (including phenoxy) is 5. The molecule has 0 saturated carbocycles. The highest BCUT2D eigenvalue weighted by atomic mass is 16.5. The van der Waals surface area contributed by atoms with E-state index in [0.717, 1.165) is 61.7 Å². The second-order valence-electron chi connectivity index (χ2n) is 11.9. The third kappa shape index (κ3) is 8.60. The van der Waals surface area contributed by atoms with Crippen LogP contribution in [0.25, 0.3) is 0 Å². The lowest BCUT2D eigenvalue weighted by molar-refractivity contribution is -0.130. The van der Waals surface area contributed by atoms with E-state index in [9.17, 15) is 4.79 Å². The van der Waals surface area contributed by atoms with Gasteiger partial charge in [-0.15, -0.1) is 0 Å². The van der Waals surface area contributed by atoms with Crippen LogP contribution in [0.2, 0.25) is 0 Å². The fraction of sp³-hybridized carbons (Fsp3) is 0.606. The minimum Gasteiger partial charge on any atom is -0.497 e. The molecule has 2 N–H and O–H groups in total. The van der Waals surface area contributed by atoms with Crippen LogP contribution in [-0.2, 0) is 25.6 Å². The van der Waals surface area contributed by atoms with E-state index in [1.807, 2.05) is 26.0 Å². The van der Waals surface area contributed by atoms with Gasteiger partial charge in [0.2, 0.25) is 5.91 Å². The maximum Gasteiger partial charge on any atom is 0.225 e. The molecule has 1 fully saturated rings. The number of fused-ring (bicyclic) bond motifs is 1. The number of anilines is 1. The number of methoxy groups -OCH3 is 3. The summed E-state index contributed by atoms with van der Waals surface area (Å²) in [6.07, 6.45) is 2.56. The van der Waals surface area contributed by atoms with Gasteiger partial charge in [-0.2, -0.15) is 0 Å². The summed E-state index contributed by atoms with van der Waals surface area (Å²) in [5.74, 6) is 1.99. The molecule has 0 spiro atoms. The van der Waals surface area contributed by atoms with E-state index in [1.165, 1.54) is 5.56 Å². The van der Waals surface area contributed by atoms with Crippen LogP contribution in [0.1, 0.15) is 50.2 Å². The molecule has 0 aliphatic carbocycles. The Morgan fingerprint density at radius 1 is 1.10 bits per heavy atom. The number of nitrogens with one attached hydrogen (secondary N) is 2. The first-order chi connectivity index (χ1) is 20.3. The SMILES string of the molecule is COCCCN1CCOc2ccc(CO[C@H]3CN[C@H](CC(C)(C)C(=O)NCCOC)C[C@@H]3c3ccc(OC)cc3)cc21. The first-order valence-corrected chi connectivity index (χ1v) is 15.1. The molecule has 2 aromatic rings. The van der Waals surface area contributed by atoms with Crippen molar-refractivity contribution in [1.29, 1.82) is 0 Å². The van der Waals surface area contributed by atoms with Crippen molar-refractivity contribution < 1.29 is 28.5 Å². The van der Waals surface area contributed by atoms with E-state index in [2.05, 4.69) is 45.9 Å². The van der Waals surface area contributed by atoms with Crippen LogP contribution >= 0.6 is 0 Å². The molecule has 0 aromatic heterocycles. The summed E-state index contributed by atoms with van der Waals surface area (Å²) < 4.78 is 28.3. The molecule has 1 saturated heterocycles. The number of carbonyl (C=O) groups is 1. The van der Waals surface area contributed by atoms with Crippen LogP contribution in [0, 0.1) is 5.41 Å². The first-order valence-electron chi connectivity index (χ1n) is 15.1. The minimum absolute atomic E-state index is 0.0154. The molecule has 9 heteroatoms. The maximum atomic E-state index is 12.9. The van der Waals surface area contributed by atoms with Crippen LogP contribution in [0.15, 0.2) is 42.5 Å². The predicted molar refractivity (Wildman–Crippen MR) is 165 cm³/mol. The van der Waals surface area contributed by atoms with E-state index in [4.69, 9.17) is 23.7 Å². The van der Waals surface area contributed by atoms with Crippen molar-refractivity contribution >= 4 is 11.6 Å². The smallest absolute Gasteiger partial charge is 0.225 e. The zero-order chi connectivity index (χ0) is 30.0. The standard InChI is InChI=1S/C33H49N3O6/c1-33(2,32(37)34-13-17-39-4)21-26-20-28(25-8-10-27(40-5)11-9-25)31(22-35-26)42-23-24-7-12-30-29(19-24)36(15-18-41-30)14-6-16-38-3/h7-12,19,26,28,31,35H,6,13-18,20-23H2,1-5H3,(H,34,37)/t26-,28+,31-/m0/s1. The Hall–Kier alpha value is -2.85. The third-order valence-electron chi connectivity index (χ3n) is 8.33. The van der Waals surface area contributed by atoms with Crippen molar-refractivity contribution in [2.45, 2.75) is 57.8 Å². The third-order valence-corrected chi connectivity index (χ3v) is 8.33. The lowest BCUT2D eigenvalue weighted by Gasteiger charge is -2.40. The Balaban J connectivity index is 1.44. The molecule has 2 aliphatic rings. The Morgan fingerprint density at radius 3 is 2.62 bits per heavy atom. The van der Waals surface area contributed by atoms with Crippen LogP contribution < -0.4 is 25.0 Å². The van der Waals surface area contributed by atoms with Gasteiger partial charge in [-0.3, -0.25) is 4.79 Å². The molecule has 2 heterocycles. The quantitative estimate of drug-likeness (QED) is 0.303. The Kier molecular flexibility index (Phi) is 11.9. The minimum atomic E-state index is -0.510. The lowest BCUT2D eigenvalue weighted by Crippen LogP contribution is -2.50. The highest BCUT2D eigenvalue weighted by molar-refractivity contribution is 5.81. The van der Waals surface area contributed by atoms with Crippen molar-refractivity contribution in [3.8, 4) is 11.5 Å². The number of rotatable bonds is 15. The second kappa shape index (κ2) is 15.6. The maximum absolute atomic E-state index is 12.9. The Labute approximate surface area is 251 Å². The van der Waals surface area contributed by atoms with Crippen molar-refractivity contribution in [2.75, 3.05) is 72.2 Å². The highest BCUT2D eigenvalue weighted by Crippen LogP contribution is 2.37. The molecule has 4 rings (SSSR count). The summed E-state index contributed by atoms with van der Waals surface area (Å²) in [6.45, 7) is 9.51. The van der Waals surface area contributed by atoms with E-state index >= 15 is 0 Å². The van der Waals surface area contributed by atoms with Gasteiger partial charge in [0, 0.05) is 57.8 Å². The number of carbonyl (C=O) groups excluding carboxylic acids is 1. The van der Waals surface area contributed by atoms with Gasteiger partial charge in [-0.1, -0.05) is 32.0 Å². The van der Waals surface area contributed by atoms with Crippen molar-refractivity contribution in [3.63, 3.8) is 0 Å². The van der Waals surface area contributed by atoms with E-state index < -0.39 is 5.41 Å². The molecule has 2 aliphatic heterocycles. The zero-order valence-electron chi connectivity index (χ0n) is 25.9. The molecule has 0 bridgehead atoms. The average molecular weight is 584 g/mol. The number of hydrogen-bond donors (Lipinski definition) is 2. The van der Waals surface area contributed by atoms with Crippen LogP contribution in [0.5, 0.6) is 11.5 Å². The normalized spacial score (nSPS) is 20.5. The van der Waals surface area contributed by atoms with Gasteiger partial charge in [0.05, 0.1) is 38.7 Å². The van der Waals surface area contributed by atoms with Gasteiger partial charge < -0.3 is 39.2 Å². The predicted octanol–water partition coefficient (Wildman–Crippen LogP) is 4.14. The van der Waals surface area contributed by atoms with Crippen molar-refractivity contribution in [2.24, 2.45) is 5.41 Å². The van der Waals surface area contributed by atoms with Crippen molar-refractivity contribution in [1.82, 2.24) is 10.6 Å². The number of piperidine rings is 1. The summed E-state index contributed by atoms with van der Waals surface area (Å²) in [7, 11) is 5.07. The van der Waals surface area contributed by atoms with Gasteiger partial charge in [-0.25, -0.2) is 0 Å². The second-order valence-corrected chi connectivity index (χ2v) is 11.9. The van der Waals surface area contributed by atoms with E-state index in [0.29, 0.717) is 32.9 Å². The summed E-state index contributed by atoms with van der Waals surface area (Å²) in [6, 6.07) is 14.8. The molecular formula is C33H49N3O6. The topological polar surface area (TPSA) is 90.5 Å². The molecule has 0 unspecified atom stereocenters. The molecule has 3 atom stereocenters. The average Bonchev–Trinajstić information content (AvgIpc) is 3.00. The number of nitrogens with zero attached hydrogens (tertiary/aromatic N) is 1. The Morgan fingerprint density at radius 2 is 1.88 bits per heavy atom. The van der Waals surface area contributed by atoms with Gasteiger partial charge >= 0.3 is 0 Å². The number of amides is 1. The van der Waals surface area contributed by atoms with Crippen LogP contribution in [0.3, 0.4) is 0 Å². The fourth-order valence-electron chi connectivity index (χ4n) is 5.96. The molecule has 232 valence electrons. The van der Waals surface area contributed by atoms with Crippen LogP contribution in [0.4, 0.5) is 5.69 Å². The van der Waals surface area contributed by atoms with Crippen molar-refractivity contribution in [3.05, 3.63) is 53.6 Å². The fourth-order valence-corrected chi connectivity index (χ4v) is 5.96. The van der Waals surface area contributed by atoms with Crippen LogP contribution in [-0.4, -0.2) is 85.4 Å². The molecular weight excluding hydrogens is 534 g/mol. The summed E-state index contributed by atoms with van der Waals surface area (Å²) >= 11 is 0.